The van der Waals surface area contributed by atoms with Gasteiger partial charge in [0.25, 0.3) is 11.5 Å². The SMILES string of the molecule is Cc1cccn2c(=O)c3cc(C(=O)Nc4nccs4)c(=N)n(Cc4ccccc4)c3nc12. The predicted molar refractivity (Wildman–Crippen MR) is 123 cm³/mol. The van der Waals surface area contributed by atoms with Gasteiger partial charge in [-0.2, -0.15) is 0 Å². The second kappa shape index (κ2) is 7.86. The van der Waals surface area contributed by atoms with E-state index in [9.17, 15) is 9.59 Å². The first-order valence-electron chi connectivity index (χ1n) is 9.88. The first kappa shape index (κ1) is 19.8. The lowest BCUT2D eigenvalue weighted by Crippen LogP contribution is -2.32. The van der Waals surface area contributed by atoms with Crippen molar-refractivity contribution in [3.8, 4) is 0 Å². The minimum absolute atomic E-state index is 0.0276. The predicted octanol–water partition coefficient (Wildman–Crippen LogP) is 3.19. The maximum Gasteiger partial charge on any atom is 0.267 e. The van der Waals surface area contributed by atoms with Gasteiger partial charge in [0.15, 0.2) is 5.13 Å². The van der Waals surface area contributed by atoms with E-state index < -0.39 is 5.91 Å². The molecule has 0 saturated carbocycles. The number of fused-ring (bicyclic) bond motifs is 2. The number of anilines is 1. The van der Waals surface area contributed by atoms with Crippen LogP contribution >= 0.6 is 11.3 Å². The molecule has 8 nitrogen and oxygen atoms in total. The molecule has 4 aromatic heterocycles. The van der Waals surface area contributed by atoms with Crippen molar-refractivity contribution in [1.82, 2.24) is 18.9 Å². The highest BCUT2D eigenvalue weighted by Gasteiger charge is 2.19. The number of hydrogen-bond donors (Lipinski definition) is 2. The molecule has 0 bridgehead atoms. The van der Waals surface area contributed by atoms with Crippen LogP contribution in [0.2, 0.25) is 0 Å². The van der Waals surface area contributed by atoms with E-state index in [0.29, 0.717) is 23.0 Å². The maximum absolute atomic E-state index is 13.4. The van der Waals surface area contributed by atoms with Crippen molar-refractivity contribution >= 4 is 39.1 Å². The van der Waals surface area contributed by atoms with Gasteiger partial charge in [0.05, 0.1) is 17.5 Å². The van der Waals surface area contributed by atoms with Crippen LogP contribution < -0.4 is 16.4 Å². The van der Waals surface area contributed by atoms with Crippen LogP contribution in [0.1, 0.15) is 21.5 Å². The molecule has 32 heavy (non-hydrogen) atoms. The molecule has 9 heteroatoms. The van der Waals surface area contributed by atoms with Gasteiger partial charge in [-0.25, -0.2) is 9.97 Å². The molecule has 0 atom stereocenters. The van der Waals surface area contributed by atoms with Crippen LogP contribution in [0.4, 0.5) is 5.13 Å². The molecule has 0 aliphatic carbocycles. The summed E-state index contributed by atoms with van der Waals surface area (Å²) in [4.78, 5) is 35.2. The Hall–Kier alpha value is -4.11. The highest BCUT2D eigenvalue weighted by atomic mass is 32.1. The lowest BCUT2D eigenvalue weighted by Gasteiger charge is -2.15. The number of pyridine rings is 2. The van der Waals surface area contributed by atoms with Crippen LogP contribution in [0.5, 0.6) is 0 Å². The second-order valence-electron chi connectivity index (χ2n) is 7.31. The van der Waals surface area contributed by atoms with Gasteiger partial charge < -0.3 is 4.57 Å². The number of rotatable bonds is 4. The van der Waals surface area contributed by atoms with Crippen molar-refractivity contribution in [3.05, 3.63) is 98.8 Å². The average Bonchev–Trinajstić information content (AvgIpc) is 3.30. The number of aryl methyl sites for hydroxylation is 1. The molecular weight excluding hydrogens is 424 g/mol. The molecule has 0 aliphatic rings. The number of hydrogen-bond acceptors (Lipinski definition) is 6. The number of thiazole rings is 1. The minimum Gasteiger partial charge on any atom is -0.306 e. The number of nitrogens with one attached hydrogen (secondary N) is 2. The molecule has 2 N–H and O–H groups in total. The molecule has 0 unspecified atom stereocenters. The first-order valence-corrected chi connectivity index (χ1v) is 10.8. The zero-order valence-electron chi connectivity index (χ0n) is 17.1. The van der Waals surface area contributed by atoms with Crippen LogP contribution in [0.25, 0.3) is 16.7 Å². The summed E-state index contributed by atoms with van der Waals surface area (Å²) in [6.07, 6.45) is 3.24. The number of carbonyl (C=O) groups is 1. The van der Waals surface area contributed by atoms with Crippen LogP contribution in [0.15, 0.2) is 71.1 Å². The van der Waals surface area contributed by atoms with Crippen molar-refractivity contribution in [3.63, 3.8) is 0 Å². The average molecular weight is 443 g/mol. The Morgan fingerprint density at radius 1 is 1.16 bits per heavy atom. The zero-order chi connectivity index (χ0) is 22.2. The van der Waals surface area contributed by atoms with E-state index >= 15 is 0 Å². The molecule has 5 aromatic rings. The molecule has 0 spiro atoms. The van der Waals surface area contributed by atoms with E-state index in [-0.39, 0.29) is 22.0 Å². The standard InChI is InChI=1S/C23H18N6O2S/c1-14-6-5-10-28-19(14)26-20-17(22(28)31)12-16(21(30)27-23-25-9-11-32-23)18(24)29(20)13-15-7-3-2-4-8-15/h2-12,24H,13H2,1H3,(H,25,27,30). The molecule has 1 aromatic carbocycles. The quantitative estimate of drug-likeness (QED) is 0.417. The van der Waals surface area contributed by atoms with Gasteiger partial charge >= 0.3 is 0 Å². The van der Waals surface area contributed by atoms with Crippen molar-refractivity contribution in [1.29, 1.82) is 5.41 Å². The molecule has 0 radical (unpaired) electrons. The fraction of sp³-hybridized carbons (Fsp3) is 0.0870. The van der Waals surface area contributed by atoms with Crippen LogP contribution in [-0.4, -0.2) is 24.8 Å². The summed E-state index contributed by atoms with van der Waals surface area (Å²) in [5.74, 6) is -0.498. The third-order valence-corrected chi connectivity index (χ3v) is 5.90. The zero-order valence-corrected chi connectivity index (χ0v) is 17.9. The van der Waals surface area contributed by atoms with Gasteiger partial charge in [-0.1, -0.05) is 36.4 Å². The van der Waals surface area contributed by atoms with Gasteiger partial charge in [0, 0.05) is 17.8 Å². The number of aromatic nitrogens is 4. The Labute approximate surface area is 186 Å². The Kier molecular flexibility index (Phi) is 4.87. The van der Waals surface area contributed by atoms with Gasteiger partial charge in [0.2, 0.25) is 0 Å². The van der Waals surface area contributed by atoms with Crippen molar-refractivity contribution in [2.75, 3.05) is 5.32 Å². The molecule has 158 valence electrons. The number of carbonyl (C=O) groups excluding carboxylic acids is 1. The highest BCUT2D eigenvalue weighted by molar-refractivity contribution is 7.13. The smallest absolute Gasteiger partial charge is 0.267 e. The second-order valence-corrected chi connectivity index (χ2v) is 8.20. The summed E-state index contributed by atoms with van der Waals surface area (Å²) in [7, 11) is 0. The van der Waals surface area contributed by atoms with E-state index in [2.05, 4.69) is 10.3 Å². The summed E-state index contributed by atoms with van der Waals surface area (Å²) < 4.78 is 3.08. The number of nitrogens with zero attached hydrogens (tertiary/aromatic N) is 4. The van der Waals surface area contributed by atoms with E-state index in [1.807, 2.05) is 43.3 Å². The van der Waals surface area contributed by atoms with Crippen LogP contribution in [0, 0.1) is 12.3 Å². The van der Waals surface area contributed by atoms with Crippen molar-refractivity contribution in [2.24, 2.45) is 0 Å². The summed E-state index contributed by atoms with van der Waals surface area (Å²) in [5, 5.41) is 14.0. The van der Waals surface area contributed by atoms with Gasteiger partial charge in [-0.05, 0) is 30.2 Å². The maximum atomic E-state index is 13.4. The fourth-order valence-electron chi connectivity index (χ4n) is 3.64. The normalized spacial score (nSPS) is 11.2. The molecule has 4 heterocycles. The molecule has 0 saturated heterocycles. The summed E-state index contributed by atoms with van der Waals surface area (Å²) >= 11 is 1.28. The lowest BCUT2D eigenvalue weighted by atomic mass is 10.1. The van der Waals surface area contributed by atoms with E-state index in [4.69, 9.17) is 10.4 Å². The Morgan fingerprint density at radius 2 is 1.97 bits per heavy atom. The molecular formula is C23H18N6O2S. The molecule has 0 fully saturated rings. The summed E-state index contributed by atoms with van der Waals surface area (Å²) in [6.45, 7) is 2.18. The molecule has 1 amide bonds. The summed E-state index contributed by atoms with van der Waals surface area (Å²) in [5.41, 5.74) is 2.41. The Bertz CT molecular complexity index is 1590. The van der Waals surface area contributed by atoms with Crippen LogP contribution in [-0.2, 0) is 6.54 Å². The van der Waals surface area contributed by atoms with Gasteiger partial charge in [0.1, 0.15) is 16.8 Å². The molecule has 0 aliphatic heterocycles. The van der Waals surface area contributed by atoms with Crippen LogP contribution in [0.3, 0.4) is 0 Å². The number of amides is 1. The summed E-state index contributed by atoms with van der Waals surface area (Å²) in [6, 6.07) is 14.7. The highest BCUT2D eigenvalue weighted by Crippen LogP contribution is 2.16. The lowest BCUT2D eigenvalue weighted by molar-refractivity contribution is 0.102. The Balaban J connectivity index is 1.80. The van der Waals surface area contributed by atoms with E-state index in [1.165, 1.54) is 21.8 Å². The van der Waals surface area contributed by atoms with Gasteiger partial charge in [-0.15, -0.1) is 11.3 Å². The van der Waals surface area contributed by atoms with E-state index in [0.717, 1.165) is 11.1 Å². The minimum atomic E-state index is -0.498. The third-order valence-electron chi connectivity index (χ3n) is 5.21. The largest absolute Gasteiger partial charge is 0.306 e. The van der Waals surface area contributed by atoms with Crippen molar-refractivity contribution < 1.29 is 4.79 Å². The third kappa shape index (κ3) is 3.38. The van der Waals surface area contributed by atoms with E-state index in [1.54, 1.807) is 28.4 Å². The Morgan fingerprint density at radius 3 is 2.72 bits per heavy atom. The topological polar surface area (TPSA) is 105 Å². The first-order chi connectivity index (χ1) is 15.5. The monoisotopic (exact) mass is 442 g/mol. The fourth-order valence-corrected chi connectivity index (χ4v) is 4.16. The molecule has 5 rings (SSSR count). The van der Waals surface area contributed by atoms with Gasteiger partial charge in [-0.3, -0.25) is 24.7 Å². The number of benzene rings is 1. The van der Waals surface area contributed by atoms with Crippen molar-refractivity contribution in [2.45, 2.75) is 13.5 Å².